The zero-order valence-electron chi connectivity index (χ0n) is 15.2. The first-order chi connectivity index (χ1) is 11.9. The van der Waals surface area contributed by atoms with E-state index in [0.29, 0.717) is 18.5 Å². The summed E-state index contributed by atoms with van der Waals surface area (Å²) in [6.07, 6.45) is 5.55. The van der Waals surface area contributed by atoms with Gasteiger partial charge in [0, 0.05) is 37.2 Å². The van der Waals surface area contributed by atoms with Gasteiger partial charge in [-0.2, -0.15) is 4.31 Å². The van der Waals surface area contributed by atoms with Crippen LogP contribution in [-0.4, -0.2) is 55.6 Å². The molecule has 0 bridgehead atoms. The molecular formula is C19H28N2O3S. The van der Waals surface area contributed by atoms with E-state index >= 15 is 0 Å². The lowest BCUT2D eigenvalue weighted by Gasteiger charge is -2.51. The van der Waals surface area contributed by atoms with Crippen molar-refractivity contribution in [2.45, 2.75) is 55.9 Å². The Bertz CT molecular complexity index is 739. The highest BCUT2D eigenvalue weighted by Crippen LogP contribution is 2.39. The van der Waals surface area contributed by atoms with Crippen LogP contribution in [0.5, 0.6) is 0 Å². The number of hydrogen-bond donors (Lipinski definition) is 0. The van der Waals surface area contributed by atoms with Crippen molar-refractivity contribution < 1.29 is 13.2 Å². The quantitative estimate of drug-likeness (QED) is 0.771. The molecule has 0 N–H and O–H groups in total. The highest BCUT2D eigenvalue weighted by Gasteiger charge is 2.47. The number of rotatable bonds is 4. The van der Waals surface area contributed by atoms with Gasteiger partial charge in [0.2, 0.25) is 10.0 Å². The molecule has 25 heavy (non-hydrogen) atoms. The molecule has 1 heterocycles. The second-order valence-corrected chi connectivity index (χ2v) is 9.27. The Balaban J connectivity index is 1.99. The number of likely N-dealkylation sites (N-methyl/N-ethyl adjacent to an activating group) is 1. The molecule has 1 aliphatic heterocycles. The average molecular weight is 365 g/mol. The zero-order chi connectivity index (χ0) is 18.1. The molecule has 138 valence electrons. The Kier molecular flexibility index (Phi) is 5.32. The zero-order valence-corrected chi connectivity index (χ0v) is 16.0. The van der Waals surface area contributed by atoms with E-state index in [1.165, 1.54) is 6.42 Å². The van der Waals surface area contributed by atoms with Gasteiger partial charge in [0.05, 0.1) is 4.90 Å². The van der Waals surface area contributed by atoms with Crippen LogP contribution < -0.4 is 0 Å². The first kappa shape index (κ1) is 18.5. The summed E-state index contributed by atoms with van der Waals surface area (Å²) in [5.74, 6) is -0.0252. The first-order valence-electron chi connectivity index (χ1n) is 9.24. The number of carbonyl (C=O) groups is 1. The van der Waals surface area contributed by atoms with Crippen molar-refractivity contribution in [2.75, 3.05) is 26.7 Å². The second-order valence-electron chi connectivity index (χ2n) is 7.40. The van der Waals surface area contributed by atoms with Gasteiger partial charge in [-0.3, -0.25) is 4.79 Å². The molecular weight excluding hydrogens is 336 g/mol. The SMILES string of the molecule is CCC(=O)c1cccc(S(=O)(=O)N2CCN(C)CC23CCCCC3)c1. The smallest absolute Gasteiger partial charge is 0.243 e. The largest absolute Gasteiger partial charge is 0.303 e. The predicted molar refractivity (Wildman–Crippen MR) is 98.3 cm³/mol. The molecule has 3 rings (SSSR count). The van der Waals surface area contributed by atoms with Crippen molar-refractivity contribution >= 4 is 15.8 Å². The summed E-state index contributed by atoms with van der Waals surface area (Å²) in [5, 5.41) is 0. The summed E-state index contributed by atoms with van der Waals surface area (Å²) < 4.78 is 28.6. The van der Waals surface area contributed by atoms with Crippen molar-refractivity contribution in [1.29, 1.82) is 0 Å². The third-order valence-electron chi connectivity index (χ3n) is 5.63. The van der Waals surface area contributed by atoms with E-state index in [1.54, 1.807) is 35.5 Å². The minimum absolute atomic E-state index is 0.0252. The molecule has 1 aliphatic carbocycles. The summed E-state index contributed by atoms with van der Waals surface area (Å²) >= 11 is 0. The molecule has 2 aliphatic rings. The molecule has 1 saturated carbocycles. The fourth-order valence-electron chi connectivity index (χ4n) is 4.31. The monoisotopic (exact) mass is 364 g/mol. The summed E-state index contributed by atoms with van der Waals surface area (Å²) in [7, 11) is -1.53. The van der Waals surface area contributed by atoms with Gasteiger partial charge in [-0.15, -0.1) is 0 Å². The number of benzene rings is 1. The van der Waals surface area contributed by atoms with Crippen LogP contribution in [-0.2, 0) is 10.0 Å². The minimum atomic E-state index is -3.60. The second kappa shape index (κ2) is 7.17. The third kappa shape index (κ3) is 3.52. The molecule has 0 amide bonds. The first-order valence-corrected chi connectivity index (χ1v) is 10.7. The molecule has 0 radical (unpaired) electrons. The molecule has 1 spiro atoms. The Morgan fingerprint density at radius 1 is 1.16 bits per heavy atom. The fraction of sp³-hybridized carbons (Fsp3) is 0.632. The molecule has 1 saturated heterocycles. The summed E-state index contributed by atoms with van der Waals surface area (Å²) in [6, 6.07) is 6.55. The lowest BCUT2D eigenvalue weighted by molar-refractivity contribution is 0.0412. The van der Waals surface area contributed by atoms with Crippen LogP contribution in [0, 0.1) is 0 Å². The van der Waals surface area contributed by atoms with E-state index in [9.17, 15) is 13.2 Å². The normalized spacial score (nSPS) is 22.2. The van der Waals surface area contributed by atoms with Crippen molar-refractivity contribution in [3.8, 4) is 0 Å². The van der Waals surface area contributed by atoms with E-state index in [0.717, 1.165) is 38.8 Å². The molecule has 5 nitrogen and oxygen atoms in total. The summed E-state index contributed by atoms with van der Waals surface area (Å²) in [6.45, 7) is 3.85. The number of sulfonamides is 1. The Morgan fingerprint density at radius 3 is 2.56 bits per heavy atom. The topological polar surface area (TPSA) is 57.7 Å². The van der Waals surface area contributed by atoms with Gasteiger partial charge in [-0.1, -0.05) is 38.3 Å². The molecule has 6 heteroatoms. The van der Waals surface area contributed by atoms with Crippen molar-refractivity contribution in [3.63, 3.8) is 0 Å². The molecule has 0 aromatic heterocycles. The number of piperazine rings is 1. The standard InChI is InChI=1S/C19H28N2O3S/c1-3-18(22)16-8-7-9-17(14-16)25(23,24)21-13-12-20(2)15-19(21)10-5-4-6-11-19/h7-9,14H,3-6,10-13,15H2,1-2H3. The van der Waals surface area contributed by atoms with Gasteiger partial charge in [-0.05, 0) is 32.0 Å². The van der Waals surface area contributed by atoms with Crippen LogP contribution in [0.4, 0.5) is 0 Å². The Hall–Kier alpha value is -1.24. The van der Waals surface area contributed by atoms with Gasteiger partial charge >= 0.3 is 0 Å². The number of Topliss-reactive ketones (excluding diaryl/α,β-unsaturated/α-hetero) is 1. The summed E-state index contributed by atoms with van der Waals surface area (Å²) in [5.41, 5.74) is 0.185. The van der Waals surface area contributed by atoms with Crippen LogP contribution in [0.25, 0.3) is 0 Å². The molecule has 0 atom stereocenters. The van der Waals surface area contributed by atoms with Gasteiger partial charge in [0.15, 0.2) is 5.78 Å². The third-order valence-corrected chi connectivity index (χ3v) is 7.63. The lowest BCUT2D eigenvalue weighted by Crippen LogP contribution is -2.63. The van der Waals surface area contributed by atoms with Gasteiger partial charge in [-0.25, -0.2) is 8.42 Å². The van der Waals surface area contributed by atoms with E-state index in [1.807, 2.05) is 0 Å². The van der Waals surface area contributed by atoms with Gasteiger partial charge in [0.25, 0.3) is 0 Å². The van der Waals surface area contributed by atoms with E-state index < -0.39 is 10.0 Å². The van der Waals surface area contributed by atoms with Crippen LogP contribution in [0.2, 0.25) is 0 Å². The average Bonchev–Trinajstić information content (AvgIpc) is 2.61. The minimum Gasteiger partial charge on any atom is -0.303 e. The number of nitrogens with zero attached hydrogens (tertiary/aromatic N) is 2. The van der Waals surface area contributed by atoms with E-state index in [2.05, 4.69) is 11.9 Å². The molecule has 1 aromatic carbocycles. The lowest BCUT2D eigenvalue weighted by atomic mass is 9.80. The number of hydrogen-bond acceptors (Lipinski definition) is 4. The Labute approximate surface area is 151 Å². The van der Waals surface area contributed by atoms with Crippen molar-refractivity contribution in [2.24, 2.45) is 0 Å². The molecule has 1 aromatic rings. The maximum atomic E-state index is 13.4. The van der Waals surface area contributed by atoms with Crippen molar-refractivity contribution in [1.82, 2.24) is 9.21 Å². The number of carbonyl (C=O) groups excluding carboxylic acids is 1. The van der Waals surface area contributed by atoms with Crippen LogP contribution >= 0.6 is 0 Å². The van der Waals surface area contributed by atoms with E-state index in [4.69, 9.17) is 0 Å². The Morgan fingerprint density at radius 2 is 1.88 bits per heavy atom. The predicted octanol–water partition coefficient (Wildman–Crippen LogP) is 2.92. The van der Waals surface area contributed by atoms with Gasteiger partial charge < -0.3 is 4.90 Å². The maximum absolute atomic E-state index is 13.4. The molecule has 2 fully saturated rings. The number of ketones is 1. The molecule has 0 unspecified atom stereocenters. The van der Waals surface area contributed by atoms with Crippen LogP contribution in [0.3, 0.4) is 0 Å². The summed E-state index contributed by atoms with van der Waals surface area (Å²) in [4.78, 5) is 14.5. The fourth-order valence-corrected chi connectivity index (χ4v) is 6.17. The van der Waals surface area contributed by atoms with E-state index in [-0.39, 0.29) is 16.2 Å². The highest BCUT2D eigenvalue weighted by molar-refractivity contribution is 7.89. The van der Waals surface area contributed by atoms with Gasteiger partial charge in [0.1, 0.15) is 0 Å². The van der Waals surface area contributed by atoms with Crippen LogP contribution in [0.15, 0.2) is 29.2 Å². The maximum Gasteiger partial charge on any atom is 0.243 e. The van der Waals surface area contributed by atoms with Crippen LogP contribution in [0.1, 0.15) is 55.8 Å². The highest BCUT2D eigenvalue weighted by atomic mass is 32.2. The van der Waals surface area contributed by atoms with Crippen molar-refractivity contribution in [3.05, 3.63) is 29.8 Å².